The Morgan fingerprint density at radius 2 is 1.19 bits per heavy atom. The Labute approximate surface area is 274 Å². The predicted molar refractivity (Wildman–Crippen MR) is 193 cm³/mol. The number of para-hydroxylation sites is 1. The van der Waals surface area contributed by atoms with Gasteiger partial charge >= 0.3 is 0 Å². The van der Waals surface area contributed by atoms with Crippen molar-refractivity contribution >= 4 is 54.6 Å². The van der Waals surface area contributed by atoms with Gasteiger partial charge in [0.2, 0.25) is 0 Å². The zero-order valence-electron chi connectivity index (χ0n) is 25.6. The quantitative estimate of drug-likeness (QED) is 0.197. The maximum Gasteiger partial charge on any atom is 0.164 e. The van der Waals surface area contributed by atoms with Gasteiger partial charge < -0.3 is 4.42 Å². The monoisotopic (exact) mass is 615 g/mol. The number of nitrogens with zero attached hydrogens (tertiary/aromatic N) is 5. The first kappa shape index (κ1) is 26.5. The highest BCUT2D eigenvalue weighted by atomic mass is 16.3. The van der Waals surface area contributed by atoms with Gasteiger partial charge in [0.05, 0.1) is 11.2 Å². The van der Waals surface area contributed by atoms with E-state index >= 15 is 0 Å². The molecule has 6 aromatic carbocycles. The minimum Gasteiger partial charge on any atom is -0.456 e. The maximum absolute atomic E-state index is 6.56. The van der Waals surface area contributed by atoms with Gasteiger partial charge in [0.15, 0.2) is 17.5 Å². The lowest BCUT2D eigenvalue weighted by Gasteiger charge is -2.11. The van der Waals surface area contributed by atoms with Crippen molar-refractivity contribution in [2.75, 3.05) is 0 Å². The molecular formula is C42H25N5O. The molecular weight excluding hydrogens is 590 g/mol. The molecule has 10 aromatic rings. The smallest absolute Gasteiger partial charge is 0.164 e. The molecule has 6 heteroatoms. The molecule has 4 aromatic heterocycles. The number of benzene rings is 6. The first-order chi connectivity index (χ1) is 23.8. The van der Waals surface area contributed by atoms with E-state index < -0.39 is 0 Å². The van der Waals surface area contributed by atoms with Crippen LogP contribution in [-0.2, 0) is 0 Å². The Morgan fingerprint density at radius 1 is 0.479 bits per heavy atom. The molecule has 0 spiro atoms. The Hall–Kier alpha value is -6.66. The molecule has 0 aliphatic rings. The standard InChI is InChI=1S/C42H25N5O/c1-2-12-27(13-3-1)39-44-40(31-17-8-14-26-11-4-5-15-29(26)31)46-41(45-39)34-18-9-21-36-38(34)33-23-22-28(25-37(33)48-36)47-35-20-7-6-16-30(35)32-19-10-24-43-42(32)47/h1-25H. The summed E-state index contributed by atoms with van der Waals surface area (Å²) in [5, 5.41) is 6.47. The summed E-state index contributed by atoms with van der Waals surface area (Å²) in [6.45, 7) is 0. The van der Waals surface area contributed by atoms with Gasteiger partial charge in [0.1, 0.15) is 16.8 Å². The molecule has 10 rings (SSSR count). The Balaban J connectivity index is 1.20. The molecule has 0 amide bonds. The maximum atomic E-state index is 6.56. The van der Waals surface area contributed by atoms with Gasteiger partial charge in [-0.15, -0.1) is 0 Å². The summed E-state index contributed by atoms with van der Waals surface area (Å²) in [5.41, 5.74) is 7.32. The van der Waals surface area contributed by atoms with Gasteiger partial charge in [-0.05, 0) is 47.2 Å². The number of rotatable bonds is 4. The predicted octanol–water partition coefficient (Wildman–Crippen LogP) is 10.4. The summed E-state index contributed by atoms with van der Waals surface area (Å²) >= 11 is 0. The fraction of sp³-hybridized carbons (Fsp3) is 0. The third kappa shape index (κ3) is 4.06. The highest BCUT2D eigenvalue weighted by Crippen LogP contribution is 2.39. The van der Waals surface area contributed by atoms with Crippen molar-refractivity contribution in [3.8, 4) is 39.9 Å². The molecule has 0 radical (unpaired) electrons. The van der Waals surface area contributed by atoms with Crippen LogP contribution in [0, 0.1) is 0 Å². The Bertz CT molecular complexity index is 2790. The molecule has 6 nitrogen and oxygen atoms in total. The largest absolute Gasteiger partial charge is 0.456 e. The molecule has 0 saturated carbocycles. The molecule has 48 heavy (non-hydrogen) atoms. The van der Waals surface area contributed by atoms with E-state index in [0.29, 0.717) is 17.5 Å². The summed E-state index contributed by atoms with van der Waals surface area (Å²) in [4.78, 5) is 20.0. The SMILES string of the molecule is c1ccc(-c2nc(-c3cccc4ccccc34)nc(-c3cccc4oc5cc(-n6c7ccccc7c7cccnc76)ccc5c34)n2)cc1. The van der Waals surface area contributed by atoms with Gasteiger partial charge in [-0.1, -0.05) is 103 Å². The van der Waals surface area contributed by atoms with E-state index in [-0.39, 0.29) is 0 Å². The van der Waals surface area contributed by atoms with Crippen molar-refractivity contribution in [2.24, 2.45) is 0 Å². The van der Waals surface area contributed by atoms with Crippen molar-refractivity contribution < 1.29 is 4.42 Å². The van der Waals surface area contributed by atoms with Crippen molar-refractivity contribution in [1.29, 1.82) is 0 Å². The van der Waals surface area contributed by atoms with Crippen molar-refractivity contribution in [3.05, 3.63) is 152 Å². The number of pyridine rings is 1. The first-order valence-corrected chi connectivity index (χ1v) is 15.9. The fourth-order valence-electron chi connectivity index (χ4n) is 6.95. The summed E-state index contributed by atoms with van der Waals surface area (Å²) in [5.74, 6) is 1.84. The molecule has 4 heterocycles. The van der Waals surface area contributed by atoms with Crippen LogP contribution in [-0.4, -0.2) is 24.5 Å². The average Bonchev–Trinajstić information content (AvgIpc) is 3.70. The Morgan fingerprint density at radius 3 is 2.10 bits per heavy atom. The van der Waals surface area contributed by atoms with Crippen LogP contribution in [0.5, 0.6) is 0 Å². The van der Waals surface area contributed by atoms with E-state index in [0.717, 1.165) is 71.6 Å². The van der Waals surface area contributed by atoms with Crippen LogP contribution in [0.4, 0.5) is 0 Å². The van der Waals surface area contributed by atoms with Gasteiger partial charge in [-0.2, -0.15) is 0 Å². The molecule has 0 saturated heterocycles. The van der Waals surface area contributed by atoms with Crippen LogP contribution >= 0.6 is 0 Å². The molecule has 224 valence electrons. The van der Waals surface area contributed by atoms with E-state index in [1.807, 2.05) is 66.9 Å². The minimum absolute atomic E-state index is 0.593. The number of fused-ring (bicyclic) bond motifs is 7. The van der Waals surface area contributed by atoms with Crippen LogP contribution in [0.25, 0.3) is 94.5 Å². The number of hydrogen-bond acceptors (Lipinski definition) is 5. The zero-order valence-corrected chi connectivity index (χ0v) is 25.6. The van der Waals surface area contributed by atoms with E-state index in [2.05, 4.69) is 89.5 Å². The number of aromatic nitrogens is 5. The van der Waals surface area contributed by atoms with Gasteiger partial charge in [0, 0.05) is 50.5 Å². The van der Waals surface area contributed by atoms with Crippen LogP contribution in [0.3, 0.4) is 0 Å². The Kier molecular flexibility index (Phi) is 5.77. The van der Waals surface area contributed by atoms with Gasteiger partial charge in [0.25, 0.3) is 0 Å². The van der Waals surface area contributed by atoms with Crippen LogP contribution in [0.1, 0.15) is 0 Å². The van der Waals surface area contributed by atoms with Crippen LogP contribution in [0.2, 0.25) is 0 Å². The van der Waals surface area contributed by atoms with Gasteiger partial charge in [-0.25, -0.2) is 19.9 Å². The lowest BCUT2D eigenvalue weighted by molar-refractivity contribution is 0.668. The summed E-state index contributed by atoms with van der Waals surface area (Å²) in [7, 11) is 0. The fourth-order valence-corrected chi connectivity index (χ4v) is 6.95. The van der Waals surface area contributed by atoms with Crippen molar-refractivity contribution in [1.82, 2.24) is 24.5 Å². The third-order valence-electron chi connectivity index (χ3n) is 9.11. The normalized spacial score (nSPS) is 11.8. The minimum atomic E-state index is 0.593. The van der Waals surface area contributed by atoms with Crippen LogP contribution < -0.4 is 0 Å². The van der Waals surface area contributed by atoms with E-state index in [1.165, 1.54) is 5.39 Å². The highest BCUT2D eigenvalue weighted by molar-refractivity contribution is 6.13. The molecule has 0 aliphatic heterocycles. The zero-order chi connectivity index (χ0) is 31.6. The molecule has 0 bridgehead atoms. The second kappa shape index (κ2) is 10.4. The summed E-state index contributed by atoms with van der Waals surface area (Å²) in [6, 6.07) is 49.6. The van der Waals surface area contributed by atoms with E-state index in [1.54, 1.807) is 0 Å². The molecule has 0 unspecified atom stereocenters. The second-order valence-corrected chi connectivity index (χ2v) is 11.9. The lowest BCUT2D eigenvalue weighted by Crippen LogP contribution is -2.00. The average molecular weight is 616 g/mol. The van der Waals surface area contributed by atoms with E-state index in [9.17, 15) is 0 Å². The lowest BCUT2D eigenvalue weighted by atomic mass is 10.0. The van der Waals surface area contributed by atoms with Crippen molar-refractivity contribution in [2.45, 2.75) is 0 Å². The van der Waals surface area contributed by atoms with Crippen LogP contribution in [0.15, 0.2) is 156 Å². The number of furan rings is 1. The molecule has 0 fully saturated rings. The van der Waals surface area contributed by atoms with E-state index in [4.69, 9.17) is 24.4 Å². The molecule has 0 atom stereocenters. The first-order valence-electron chi connectivity index (χ1n) is 15.9. The summed E-state index contributed by atoms with van der Waals surface area (Å²) in [6.07, 6.45) is 1.84. The molecule has 0 aliphatic carbocycles. The molecule has 0 N–H and O–H groups in total. The topological polar surface area (TPSA) is 69.6 Å². The third-order valence-corrected chi connectivity index (χ3v) is 9.11. The highest BCUT2D eigenvalue weighted by Gasteiger charge is 2.20. The second-order valence-electron chi connectivity index (χ2n) is 11.9. The van der Waals surface area contributed by atoms with Crippen molar-refractivity contribution in [3.63, 3.8) is 0 Å². The van der Waals surface area contributed by atoms with Gasteiger partial charge in [-0.3, -0.25) is 4.57 Å². The summed E-state index contributed by atoms with van der Waals surface area (Å²) < 4.78 is 8.76. The number of hydrogen-bond donors (Lipinski definition) is 0.